The Labute approximate surface area is 212 Å². The van der Waals surface area contributed by atoms with Gasteiger partial charge in [0.2, 0.25) is 21.8 Å². The monoisotopic (exact) mass is 527 g/mol. The highest BCUT2D eigenvalue weighted by Gasteiger charge is 2.30. The molecule has 0 spiro atoms. The summed E-state index contributed by atoms with van der Waals surface area (Å²) in [6, 6.07) is 11.1. The molecule has 10 heteroatoms. The van der Waals surface area contributed by atoms with Crippen LogP contribution in [0.25, 0.3) is 0 Å². The van der Waals surface area contributed by atoms with Crippen molar-refractivity contribution < 1.29 is 18.0 Å². The first-order valence-electron chi connectivity index (χ1n) is 10.8. The number of rotatable bonds is 10. The largest absolute Gasteiger partial charge is 0.354 e. The van der Waals surface area contributed by atoms with Gasteiger partial charge in [-0.05, 0) is 43.5 Å². The highest BCUT2D eigenvalue weighted by molar-refractivity contribution is 7.92. The minimum Gasteiger partial charge on any atom is -0.354 e. The van der Waals surface area contributed by atoms with E-state index in [0.29, 0.717) is 6.54 Å². The van der Waals surface area contributed by atoms with Crippen LogP contribution in [-0.2, 0) is 26.2 Å². The Morgan fingerprint density at radius 2 is 1.62 bits per heavy atom. The quantitative estimate of drug-likeness (QED) is 0.500. The third-order valence-electron chi connectivity index (χ3n) is 5.20. The smallest absolute Gasteiger partial charge is 0.244 e. The van der Waals surface area contributed by atoms with Gasteiger partial charge in [-0.15, -0.1) is 0 Å². The lowest BCUT2D eigenvalue weighted by molar-refractivity contribution is -0.139. The fourth-order valence-corrected chi connectivity index (χ4v) is 4.31. The lowest BCUT2D eigenvalue weighted by atomic mass is 10.1. The van der Waals surface area contributed by atoms with Crippen LogP contribution in [-0.4, -0.2) is 50.5 Å². The van der Waals surface area contributed by atoms with E-state index in [2.05, 4.69) is 5.32 Å². The van der Waals surface area contributed by atoms with Gasteiger partial charge in [0.15, 0.2) is 0 Å². The Balaban J connectivity index is 2.37. The fourth-order valence-electron chi connectivity index (χ4n) is 3.18. The number of aryl methyl sites for hydroxylation is 1. The molecule has 2 amide bonds. The molecule has 1 atom stereocenters. The lowest BCUT2D eigenvalue weighted by Crippen LogP contribution is -2.51. The summed E-state index contributed by atoms with van der Waals surface area (Å²) < 4.78 is 26.1. The van der Waals surface area contributed by atoms with Gasteiger partial charge >= 0.3 is 0 Å². The van der Waals surface area contributed by atoms with Crippen molar-refractivity contribution >= 4 is 50.7 Å². The number of hydrogen-bond acceptors (Lipinski definition) is 4. The summed E-state index contributed by atoms with van der Waals surface area (Å²) >= 11 is 12.0. The van der Waals surface area contributed by atoms with Crippen LogP contribution in [0, 0.1) is 12.8 Å². The number of anilines is 1. The van der Waals surface area contributed by atoms with E-state index in [4.69, 9.17) is 23.2 Å². The second-order valence-electron chi connectivity index (χ2n) is 8.69. The van der Waals surface area contributed by atoms with Gasteiger partial charge in [0.1, 0.15) is 12.6 Å². The van der Waals surface area contributed by atoms with Crippen LogP contribution in [0.15, 0.2) is 42.5 Å². The van der Waals surface area contributed by atoms with E-state index in [-0.39, 0.29) is 34.1 Å². The van der Waals surface area contributed by atoms with Crippen molar-refractivity contribution in [3.8, 4) is 0 Å². The third kappa shape index (κ3) is 7.89. The van der Waals surface area contributed by atoms with Crippen molar-refractivity contribution in [3.63, 3.8) is 0 Å². The first-order valence-corrected chi connectivity index (χ1v) is 13.5. The molecule has 2 aromatic carbocycles. The van der Waals surface area contributed by atoms with Gasteiger partial charge in [-0.25, -0.2) is 8.42 Å². The molecule has 2 aromatic rings. The Morgan fingerprint density at radius 1 is 1.00 bits per heavy atom. The average Bonchev–Trinajstić information content (AvgIpc) is 2.76. The minimum absolute atomic E-state index is 0.147. The van der Waals surface area contributed by atoms with Gasteiger partial charge < -0.3 is 10.2 Å². The summed E-state index contributed by atoms with van der Waals surface area (Å²) in [6.45, 7) is 7.65. The zero-order valence-electron chi connectivity index (χ0n) is 20.0. The van der Waals surface area contributed by atoms with E-state index < -0.39 is 28.5 Å². The van der Waals surface area contributed by atoms with Crippen molar-refractivity contribution in [1.29, 1.82) is 0 Å². The Bertz CT molecular complexity index is 1120. The van der Waals surface area contributed by atoms with E-state index in [1.165, 1.54) is 23.1 Å². The number of benzene rings is 2. The number of nitrogens with zero attached hydrogens (tertiary/aromatic N) is 2. The van der Waals surface area contributed by atoms with E-state index in [1.54, 1.807) is 6.92 Å². The van der Waals surface area contributed by atoms with Gasteiger partial charge in [-0.2, -0.15) is 0 Å². The van der Waals surface area contributed by atoms with Crippen molar-refractivity contribution in [3.05, 3.63) is 63.6 Å². The van der Waals surface area contributed by atoms with E-state index in [0.717, 1.165) is 21.7 Å². The molecule has 186 valence electrons. The molecule has 0 saturated carbocycles. The summed E-state index contributed by atoms with van der Waals surface area (Å²) in [5.74, 6) is -0.591. The molecule has 2 rings (SSSR count). The maximum atomic E-state index is 13.5. The van der Waals surface area contributed by atoms with Crippen LogP contribution in [0.3, 0.4) is 0 Å². The normalized spacial score (nSPS) is 12.4. The maximum absolute atomic E-state index is 13.5. The van der Waals surface area contributed by atoms with E-state index in [1.807, 2.05) is 45.0 Å². The van der Waals surface area contributed by atoms with Crippen LogP contribution in [0.5, 0.6) is 0 Å². The molecule has 34 heavy (non-hydrogen) atoms. The standard InChI is InChI=1S/C24H31Cl2N3O4S/c1-16(2)13-27-24(31)18(4)28(14-19-8-6-17(3)7-9-19)23(30)15-29(34(5,32)33)20-10-11-21(25)22(26)12-20/h6-12,16,18H,13-15H2,1-5H3,(H,27,31)/t18-/m1/s1. The summed E-state index contributed by atoms with van der Waals surface area (Å²) in [4.78, 5) is 27.7. The van der Waals surface area contributed by atoms with Gasteiger partial charge in [0, 0.05) is 13.1 Å². The minimum atomic E-state index is -3.84. The topological polar surface area (TPSA) is 86.8 Å². The molecule has 1 N–H and O–H groups in total. The van der Waals surface area contributed by atoms with Crippen molar-refractivity contribution in [2.24, 2.45) is 5.92 Å². The number of nitrogens with one attached hydrogen (secondary N) is 1. The maximum Gasteiger partial charge on any atom is 0.244 e. The van der Waals surface area contributed by atoms with Crippen LogP contribution in [0.1, 0.15) is 31.9 Å². The molecule has 0 saturated heterocycles. The Hall–Kier alpha value is -2.29. The van der Waals surface area contributed by atoms with Crippen molar-refractivity contribution in [2.45, 2.75) is 40.3 Å². The van der Waals surface area contributed by atoms with Gasteiger partial charge in [0.05, 0.1) is 22.0 Å². The van der Waals surface area contributed by atoms with Crippen LogP contribution in [0.2, 0.25) is 10.0 Å². The zero-order chi connectivity index (χ0) is 25.6. The second kappa shape index (κ2) is 11.9. The van der Waals surface area contributed by atoms with Crippen molar-refractivity contribution in [2.75, 3.05) is 23.7 Å². The van der Waals surface area contributed by atoms with Crippen LogP contribution >= 0.6 is 23.2 Å². The number of hydrogen-bond donors (Lipinski definition) is 1. The van der Waals surface area contributed by atoms with Crippen LogP contribution < -0.4 is 9.62 Å². The van der Waals surface area contributed by atoms with Gasteiger partial charge in [0.25, 0.3) is 0 Å². The van der Waals surface area contributed by atoms with Gasteiger partial charge in [-0.3, -0.25) is 13.9 Å². The first kappa shape index (κ1) is 28.0. The Kier molecular flexibility index (Phi) is 9.79. The SMILES string of the molecule is Cc1ccc(CN(C(=O)CN(c2ccc(Cl)c(Cl)c2)S(C)(=O)=O)[C@H](C)C(=O)NCC(C)C)cc1. The number of halogens is 2. The van der Waals surface area contributed by atoms with Crippen LogP contribution in [0.4, 0.5) is 5.69 Å². The number of carbonyl (C=O) groups excluding carboxylic acids is 2. The molecule has 0 bridgehead atoms. The third-order valence-corrected chi connectivity index (χ3v) is 7.08. The Morgan fingerprint density at radius 3 is 2.15 bits per heavy atom. The number of carbonyl (C=O) groups is 2. The summed E-state index contributed by atoms with van der Waals surface area (Å²) in [5, 5.41) is 3.27. The molecule has 0 heterocycles. The molecular formula is C24H31Cl2N3O4S. The van der Waals surface area contributed by atoms with E-state index >= 15 is 0 Å². The summed E-state index contributed by atoms with van der Waals surface area (Å²) in [5.41, 5.74) is 2.09. The molecule has 0 aliphatic carbocycles. The fraction of sp³-hybridized carbons (Fsp3) is 0.417. The van der Waals surface area contributed by atoms with Crippen molar-refractivity contribution in [1.82, 2.24) is 10.2 Å². The molecule has 0 fully saturated rings. The summed E-state index contributed by atoms with van der Waals surface area (Å²) in [6.07, 6.45) is 1.01. The molecule has 0 aliphatic heterocycles. The van der Waals surface area contributed by atoms with Gasteiger partial charge in [-0.1, -0.05) is 66.9 Å². The first-order chi connectivity index (χ1) is 15.8. The predicted molar refractivity (Wildman–Crippen MR) is 138 cm³/mol. The molecular weight excluding hydrogens is 497 g/mol. The second-order valence-corrected chi connectivity index (χ2v) is 11.4. The number of amides is 2. The average molecular weight is 529 g/mol. The predicted octanol–water partition coefficient (Wildman–Crippen LogP) is 4.26. The molecule has 7 nitrogen and oxygen atoms in total. The summed E-state index contributed by atoms with van der Waals surface area (Å²) in [7, 11) is -3.84. The zero-order valence-corrected chi connectivity index (χ0v) is 22.3. The molecule has 0 aliphatic rings. The molecule has 0 radical (unpaired) electrons. The molecule has 0 unspecified atom stereocenters. The lowest BCUT2D eigenvalue weighted by Gasteiger charge is -2.31. The highest BCUT2D eigenvalue weighted by Crippen LogP contribution is 2.28. The molecule has 0 aromatic heterocycles. The van der Waals surface area contributed by atoms with E-state index in [9.17, 15) is 18.0 Å². The highest BCUT2D eigenvalue weighted by atomic mass is 35.5. The number of sulfonamides is 1.